The zero-order valence-corrected chi connectivity index (χ0v) is 13.4. The van der Waals surface area contributed by atoms with Crippen molar-refractivity contribution < 1.29 is 0 Å². The maximum Gasteiger partial charge on any atom is 0.0773 e. The predicted octanol–water partition coefficient (Wildman–Crippen LogP) is 5.40. The van der Waals surface area contributed by atoms with Crippen molar-refractivity contribution in [2.45, 2.75) is 58.3 Å². The van der Waals surface area contributed by atoms with Gasteiger partial charge in [-0.25, -0.2) is 0 Å². The normalized spacial score (nSPS) is 23.7. The van der Waals surface area contributed by atoms with Crippen LogP contribution >= 0.6 is 0 Å². The van der Waals surface area contributed by atoms with Crippen LogP contribution in [0.3, 0.4) is 0 Å². The highest BCUT2D eigenvalue weighted by atomic mass is 14.8. The smallest absolute Gasteiger partial charge is 0.0773 e. The second-order valence-electron chi connectivity index (χ2n) is 6.86. The van der Waals surface area contributed by atoms with Crippen LogP contribution in [0.2, 0.25) is 0 Å². The highest BCUT2D eigenvalue weighted by molar-refractivity contribution is 5.97. The van der Waals surface area contributed by atoms with Crippen LogP contribution in [-0.4, -0.2) is 10.7 Å². The number of para-hydroxylation sites is 1. The number of benzene rings is 1. The molecular weight excluding hydrogens is 268 g/mol. The van der Waals surface area contributed by atoms with E-state index in [1.165, 1.54) is 66.6 Å². The molecule has 1 fully saturated rings. The maximum atomic E-state index is 5.22. The Labute approximate surface area is 132 Å². The monoisotopic (exact) mass is 292 g/mol. The van der Waals surface area contributed by atoms with Gasteiger partial charge in [0.15, 0.2) is 0 Å². The summed E-state index contributed by atoms with van der Waals surface area (Å²) in [6.07, 6.45) is 9.94. The first kappa shape index (κ1) is 13.9. The Bertz CT molecular complexity index is 730. The fraction of sp³-hybridized carbons (Fsp3) is 0.500. The van der Waals surface area contributed by atoms with E-state index in [1.54, 1.807) is 0 Å². The Kier molecular flexibility index (Phi) is 3.69. The third kappa shape index (κ3) is 2.45. The van der Waals surface area contributed by atoms with E-state index < -0.39 is 0 Å². The van der Waals surface area contributed by atoms with E-state index in [-0.39, 0.29) is 0 Å². The van der Waals surface area contributed by atoms with E-state index in [1.807, 2.05) is 0 Å². The summed E-state index contributed by atoms with van der Waals surface area (Å²) in [4.78, 5) is 10.1. The van der Waals surface area contributed by atoms with Crippen LogP contribution in [0.1, 0.15) is 56.7 Å². The fourth-order valence-corrected chi connectivity index (χ4v) is 3.95. The molecule has 2 aliphatic rings. The Morgan fingerprint density at radius 1 is 1.00 bits per heavy atom. The van der Waals surface area contributed by atoms with Gasteiger partial charge in [0, 0.05) is 16.8 Å². The molecular formula is C20H24N2. The van der Waals surface area contributed by atoms with Crippen LogP contribution < -0.4 is 0 Å². The van der Waals surface area contributed by atoms with Crippen LogP contribution in [0.15, 0.2) is 29.3 Å². The number of aryl methyl sites for hydroxylation is 1. The molecule has 1 aromatic heterocycles. The molecule has 2 aliphatic carbocycles. The Morgan fingerprint density at radius 3 is 2.73 bits per heavy atom. The van der Waals surface area contributed by atoms with Crippen molar-refractivity contribution in [1.82, 2.24) is 4.98 Å². The van der Waals surface area contributed by atoms with Crippen molar-refractivity contribution in [2.24, 2.45) is 10.9 Å². The van der Waals surface area contributed by atoms with Crippen LogP contribution in [0.4, 0.5) is 5.69 Å². The molecule has 0 saturated heterocycles. The van der Waals surface area contributed by atoms with Gasteiger partial charge >= 0.3 is 0 Å². The van der Waals surface area contributed by atoms with Crippen LogP contribution in [-0.2, 0) is 12.8 Å². The van der Waals surface area contributed by atoms with Gasteiger partial charge in [0.25, 0.3) is 0 Å². The summed E-state index contributed by atoms with van der Waals surface area (Å²) < 4.78 is 0. The van der Waals surface area contributed by atoms with Crippen molar-refractivity contribution in [3.8, 4) is 0 Å². The molecule has 0 bridgehead atoms. The molecule has 1 atom stereocenters. The molecule has 0 N–H and O–H groups in total. The summed E-state index contributed by atoms with van der Waals surface area (Å²) in [6, 6.07) is 8.54. The lowest BCUT2D eigenvalue weighted by molar-refractivity contribution is 0.559. The minimum Gasteiger partial charge on any atom is -0.256 e. The summed E-state index contributed by atoms with van der Waals surface area (Å²) >= 11 is 0. The topological polar surface area (TPSA) is 25.2 Å². The number of nitrogens with zero attached hydrogens (tertiary/aromatic N) is 2. The standard InChI is InChI=1S/C20H24N2/c1-14-8-2-5-11-17(14)22-20-15-9-3-6-12-18(15)21-19-13-7-4-10-16(19)20/h3,6,9,12,14H,2,4-5,7-8,10-11,13H2,1H3. The van der Waals surface area contributed by atoms with E-state index in [9.17, 15) is 0 Å². The third-order valence-corrected chi connectivity index (χ3v) is 5.28. The predicted molar refractivity (Wildman–Crippen MR) is 93.1 cm³/mol. The van der Waals surface area contributed by atoms with E-state index in [0.29, 0.717) is 5.92 Å². The van der Waals surface area contributed by atoms with Gasteiger partial charge in [0.05, 0.1) is 11.2 Å². The molecule has 2 aromatic rings. The largest absolute Gasteiger partial charge is 0.256 e. The zero-order chi connectivity index (χ0) is 14.9. The highest BCUT2D eigenvalue weighted by Crippen LogP contribution is 2.36. The van der Waals surface area contributed by atoms with Crippen LogP contribution in [0, 0.1) is 5.92 Å². The van der Waals surface area contributed by atoms with Gasteiger partial charge in [0.2, 0.25) is 0 Å². The molecule has 0 spiro atoms. The Hall–Kier alpha value is -1.70. The van der Waals surface area contributed by atoms with Gasteiger partial charge in [-0.3, -0.25) is 9.98 Å². The number of pyridine rings is 1. The van der Waals surface area contributed by atoms with Gasteiger partial charge < -0.3 is 0 Å². The lowest BCUT2D eigenvalue weighted by Gasteiger charge is -2.23. The average molecular weight is 292 g/mol. The number of rotatable bonds is 1. The SMILES string of the molecule is CC1CCCCC1=Nc1c2c(nc3ccccc13)CCCC2. The molecule has 0 amide bonds. The maximum absolute atomic E-state index is 5.22. The van der Waals surface area contributed by atoms with Crippen molar-refractivity contribution in [3.05, 3.63) is 35.5 Å². The Morgan fingerprint density at radius 2 is 1.82 bits per heavy atom. The van der Waals surface area contributed by atoms with E-state index in [2.05, 4.69) is 31.2 Å². The third-order valence-electron chi connectivity index (χ3n) is 5.28. The number of aromatic nitrogens is 1. The van der Waals surface area contributed by atoms with Crippen molar-refractivity contribution in [3.63, 3.8) is 0 Å². The summed E-state index contributed by atoms with van der Waals surface area (Å²) in [7, 11) is 0. The van der Waals surface area contributed by atoms with E-state index in [0.717, 1.165) is 18.4 Å². The van der Waals surface area contributed by atoms with Gasteiger partial charge in [-0.2, -0.15) is 0 Å². The lowest BCUT2D eigenvalue weighted by atomic mass is 9.88. The number of aliphatic imine (C=N–C) groups is 1. The summed E-state index contributed by atoms with van der Waals surface area (Å²) in [5, 5.41) is 1.24. The highest BCUT2D eigenvalue weighted by Gasteiger charge is 2.20. The molecule has 0 aliphatic heterocycles. The molecule has 2 nitrogen and oxygen atoms in total. The second-order valence-corrected chi connectivity index (χ2v) is 6.86. The van der Waals surface area contributed by atoms with Crippen molar-refractivity contribution in [1.29, 1.82) is 0 Å². The van der Waals surface area contributed by atoms with Gasteiger partial charge in [-0.1, -0.05) is 31.5 Å². The van der Waals surface area contributed by atoms with Crippen LogP contribution in [0.5, 0.6) is 0 Å². The molecule has 0 radical (unpaired) electrons. The first-order valence-electron chi connectivity index (χ1n) is 8.81. The number of hydrogen-bond donors (Lipinski definition) is 0. The first-order chi connectivity index (χ1) is 10.8. The number of fused-ring (bicyclic) bond motifs is 2. The van der Waals surface area contributed by atoms with Crippen molar-refractivity contribution in [2.75, 3.05) is 0 Å². The van der Waals surface area contributed by atoms with E-state index >= 15 is 0 Å². The minimum absolute atomic E-state index is 0.639. The summed E-state index contributed by atoms with van der Waals surface area (Å²) in [5.74, 6) is 0.639. The molecule has 1 unspecified atom stereocenters. The molecule has 1 saturated carbocycles. The lowest BCUT2D eigenvalue weighted by Crippen LogP contribution is -2.16. The van der Waals surface area contributed by atoms with Crippen LogP contribution in [0.25, 0.3) is 10.9 Å². The summed E-state index contributed by atoms with van der Waals surface area (Å²) in [5.41, 5.74) is 6.49. The fourth-order valence-electron chi connectivity index (χ4n) is 3.95. The van der Waals surface area contributed by atoms with Gasteiger partial charge in [-0.05, 0) is 62.5 Å². The minimum atomic E-state index is 0.639. The molecule has 1 aromatic carbocycles. The summed E-state index contributed by atoms with van der Waals surface area (Å²) in [6.45, 7) is 2.34. The molecule has 2 heteroatoms. The molecule has 1 heterocycles. The average Bonchev–Trinajstić information content (AvgIpc) is 2.56. The molecule has 114 valence electrons. The number of hydrogen-bond acceptors (Lipinski definition) is 2. The quantitative estimate of drug-likeness (QED) is 0.691. The molecule has 22 heavy (non-hydrogen) atoms. The van der Waals surface area contributed by atoms with Gasteiger partial charge in [-0.15, -0.1) is 0 Å². The zero-order valence-electron chi connectivity index (χ0n) is 13.4. The molecule has 4 rings (SSSR count). The second kappa shape index (κ2) is 5.83. The first-order valence-corrected chi connectivity index (χ1v) is 8.81. The van der Waals surface area contributed by atoms with Gasteiger partial charge in [0.1, 0.15) is 0 Å². The van der Waals surface area contributed by atoms with Crippen molar-refractivity contribution >= 4 is 22.3 Å². The Balaban J connectivity index is 1.92. The van der Waals surface area contributed by atoms with E-state index in [4.69, 9.17) is 9.98 Å².